The van der Waals surface area contributed by atoms with E-state index in [-0.39, 0.29) is 0 Å². The first kappa shape index (κ1) is 15.6. The van der Waals surface area contributed by atoms with E-state index >= 15 is 0 Å². The average molecular weight is 299 g/mol. The Kier molecular flexibility index (Phi) is 4.84. The number of hydrogen-bond donors (Lipinski definition) is 1. The van der Waals surface area contributed by atoms with Crippen molar-refractivity contribution in [2.75, 3.05) is 26.2 Å². The zero-order valence-electron chi connectivity index (χ0n) is 14.2. The van der Waals surface area contributed by atoms with Crippen molar-refractivity contribution >= 4 is 10.9 Å². The summed E-state index contributed by atoms with van der Waals surface area (Å²) < 4.78 is 2.29. The molecular formula is C19H29N3. The summed E-state index contributed by atoms with van der Waals surface area (Å²) in [5.41, 5.74) is 2.86. The number of nitrogens with zero attached hydrogens (tertiary/aromatic N) is 2. The van der Waals surface area contributed by atoms with Crippen molar-refractivity contribution in [2.24, 2.45) is 13.0 Å². The molecule has 0 spiro atoms. The van der Waals surface area contributed by atoms with E-state index in [0.717, 1.165) is 32.1 Å². The van der Waals surface area contributed by atoms with E-state index in [1.807, 2.05) is 0 Å². The van der Waals surface area contributed by atoms with Gasteiger partial charge in [0.2, 0.25) is 0 Å². The van der Waals surface area contributed by atoms with Crippen LogP contribution >= 0.6 is 0 Å². The molecule has 1 aromatic carbocycles. The van der Waals surface area contributed by atoms with E-state index < -0.39 is 0 Å². The molecule has 0 radical (unpaired) electrons. The normalized spacial score (nSPS) is 18.2. The molecule has 0 aliphatic carbocycles. The van der Waals surface area contributed by atoms with Crippen LogP contribution in [0.15, 0.2) is 30.5 Å². The Bertz CT molecular complexity index is 608. The highest BCUT2D eigenvalue weighted by Crippen LogP contribution is 2.33. The van der Waals surface area contributed by atoms with Gasteiger partial charge in [-0.3, -0.25) is 4.90 Å². The van der Waals surface area contributed by atoms with Gasteiger partial charge in [-0.05, 0) is 30.4 Å². The maximum absolute atomic E-state index is 3.48. The second-order valence-electron chi connectivity index (χ2n) is 6.99. The van der Waals surface area contributed by atoms with Crippen LogP contribution in [-0.4, -0.2) is 35.6 Å². The van der Waals surface area contributed by atoms with Crippen LogP contribution in [0.3, 0.4) is 0 Å². The lowest BCUT2D eigenvalue weighted by molar-refractivity contribution is 0.160. The van der Waals surface area contributed by atoms with Crippen LogP contribution in [0.25, 0.3) is 10.9 Å². The lowest BCUT2D eigenvalue weighted by Crippen LogP contribution is -2.45. The molecule has 22 heavy (non-hydrogen) atoms. The van der Waals surface area contributed by atoms with Crippen molar-refractivity contribution in [3.05, 3.63) is 36.0 Å². The van der Waals surface area contributed by atoms with Gasteiger partial charge >= 0.3 is 0 Å². The molecule has 0 bridgehead atoms. The van der Waals surface area contributed by atoms with E-state index in [1.54, 1.807) is 0 Å². The highest BCUT2D eigenvalue weighted by atomic mass is 15.2. The molecule has 0 unspecified atom stereocenters. The maximum atomic E-state index is 3.48. The number of benzene rings is 1. The molecule has 2 heterocycles. The fraction of sp³-hybridized carbons (Fsp3) is 0.579. The van der Waals surface area contributed by atoms with Gasteiger partial charge in [-0.1, -0.05) is 32.0 Å². The summed E-state index contributed by atoms with van der Waals surface area (Å²) in [4.78, 5) is 2.68. The minimum Gasteiger partial charge on any atom is -0.350 e. The smallest absolute Gasteiger partial charge is 0.0481 e. The summed E-state index contributed by atoms with van der Waals surface area (Å²) in [5.74, 6) is 0.764. The number of aryl methyl sites for hydroxylation is 1. The molecule has 1 aliphatic rings. The maximum Gasteiger partial charge on any atom is 0.0481 e. The largest absolute Gasteiger partial charge is 0.350 e. The number of para-hydroxylation sites is 1. The molecule has 1 aromatic heterocycles. The van der Waals surface area contributed by atoms with Crippen molar-refractivity contribution in [1.29, 1.82) is 0 Å². The molecular weight excluding hydrogens is 270 g/mol. The molecule has 3 nitrogen and oxygen atoms in total. The van der Waals surface area contributed by atoms with Crippen LogP contribution in [0.4, 0.5) is 0 Å². The minimum atomic E-state index is 0.551. The van der Waals surface area contributed by atoms with Crippen molar-refractivity contribution in [1.82, 2.24) is 14.8 Å². The number of rotatable bonds is 5. The highest BCUT2D eigenvalue weighted by Gasteiger charge is 2.25. The van der Waals surface area contributed by atoms with Crippen molar-refractivity contribution < 1.29 is 0 Å². The Hall–Kier alpha value is -1.32. The van der Waals surface area contributed by atoms with E-state index in [0.29, 0.717) is 6.04 Å². The van der Waals surface area contributed by atoms with Crippen LogP contribution < -0.4 is 5.32 Å². The minimum absolute atomic E-state index is 0.551. The number of aromatic nitrogens is 1. The fourth-order valence-corrected chi connectivity index (χ4v) is 3.66. The molecule has 1 aliphatic heterocycles. The lowest BCUT2D eigenvalue weighted by Gasteiger charge is -2.35. The van der Waals surface area contributed by atoms with Gasteiger partial charge in [0.05, 0.1) is 0 Å². The first-order chi connectivity index (χ1) is 10.7. The third-order valence-corrected chi connectivity index (χ3v) is 4.90. The molecule has 2 aromatic rings. The zero-order valence-corrected chi connectivity index (χ0v) is 14.2. The SMILES string of the molecule is CC(C)CC[C@@H](c1cn(C)c2ccccc12)N1CCNCC1. The van der Waals surface area contributed by atoms with Gasteiger partial charge in [0.15, 0.2) is 0 Å². The molecule has 1 saturated heterocycles. The van der Waals surface area contributed by atoms with Crippen LogP contribution in [0.1, 0.15) is 38.3 Å². The molecule has 0 saturated carbocycles. The van der Waals surface area contributed by atoms with Gasteiger partial charge in [0, 0.05) is 56.4 Å². The van der Waals surface area contributed by atoms with Crippen LogP contribution in [0.2, 0.25) is 0 Å². The van der Waals surface area contributed by atoms with E-state index in [9.17, 15) is 0 Å². The Morgan fingerprint density at radius 1 is 1.09 bits per heavy atom. The quantitative estimate of drug-likeness (QED) is 0.911. The van der Waals surface area contributed by atoms with Crippen LogP contribution in [-0.2, 0) is 7.05 Å². The predicted octanol–water partition coefficient (Wildman–Crippen LogP) is 3.56. The van der Waals surface area contributed by atoms with Crippen LogP contribution in [0.5, 0.6) is 0 Å². The Morgan fingerprint density at radius 2 is 1.82 bits per heavy atom. The molecule has 120 valence electrons. The zero-order chi connectivity index (χ0) is 15.5. The standard InChI is InChI=1S/C19H29N3/c1-15(2)8-9-19(22-12-10-20-11-13-22)17-14-21(3)18-7-5-4-6-16(17)18/h4-7,14-15,19-20H,8-13H2,1-3H3/t19-/m0/s1. The molecule has 1 N–H and O–H groups in total. The monoisotopic (exact) mass is 299 g/mol. The number of piperazine rings is 1. The summed E-state index contributed by atoms with van der Waals surface area (Å²) in [6.45, 7) is 9.21. The highest BCUT2D eigenvalue weighted by molar-refractivity contribution is 5.84. The Balaban J connectivity index is 1.95. The molecule has 1 atom stereocenters. The van der Waals surface area contributed by atoms with E-state index in [1.165, 1.54) is 29.3 Å². The molecule has 0 amide bonds. The predicted molar refractivity (Wildman–Crippen MR) is 94.2 cm³/mol. The van der Waals surface area contributed by atoms with Gasteiger partial charge in [0.25, 0.3) is 0 Å². The summed E-state index contributed by atoms with van der Waals surface area (Å²) in [5, 5.41) is 4.91. The number of fused-ring (bicyclic) bond motifs is 1. The third kappa shape index (κ3) is 3.21. The summed E-state index contributed by atoms with van der Waals surface area (Å²) in [6, 6.07) is 9.38. The summed E-state index contributed by atoms with van der Waals surface area (Å²) in [6.07, 6.45) is 4.90. The first-order valence-corrected chi connectivity index (χ1v) is 8.65. The first-order valence-electron chi connectivity index (χ1n) is 8.65. The van der Waals surface area contributed by atoms with Gasteiger partial charge < -0.3 is 9.88 Å². The topological polar surface area (TPSA) is 20.2 Å². The van der Waals surface area contributed by atoms with Crippen molar-refractivity contribution in [3.8, 4) is 0 Å². The molecule has 1 fully saturated rings. The summed E-state index contributed by atoms with van der Waals surface area (Å²) >= 11 is 0. The summed E-state index contributed by atoms with van der Waals surface area (Å²) in [7, 11) is 2.17. The lowest BCUT2D eigenvalue weighted by atomic mass is 9.95. The number of hydrogen-bond acceptors (Lipinski definition) is 2. The number of nitrogens with one attached hydrogen (secondary N) is 1. The van der Waals surface area contributed by atoms with Gasteiger partial charge in [-0.25, -0.2) is 0 Å². The van der Waals surface area contributed by atoms with Gasteiger partial charge in [-0.15, -0.1) is 0 Å². The second-order valence-corrected chi connectivity index (χ2v) is 6.99. The van der Waals surface area contributed by atoms with Crippen molar-refractivity contribution in [2.45, 2.75) is 32.7 Å². The average Bonchev–Trinajstić information content (AvgIpc) is 2.86. The van der Waals surface area contributed by atoms with E-state index in [4.69, 9.17) is 0 Å². The molecule has 3 heteroatoms. The fourth-order valence-electron chi connectivity index (χ4n) is 3.66. The van der Waals surface area contributed by atoms with Crippen LogP contribution in [0, 0.1) is 5.92 Å². The van der Waals surface area contributed by atoms with Crippen molar-refractivity contribution in [3.63, 3.8) is 0 Å². The molecule has 3 rings (SSSR count). The third-order valence-electron chi connectivity index (χ3n) is 4.90. The Morgan fingerprint density at radius 3 is 2.55 bits per heavy atom. The Labute approximate surface area is 134 Å². The van der Waals surface area contributed by atoms with Gasteiger partial charge in [0.1, 0.15) is 0 Å². The van der Waals surface area contributed by atoms with Gasteiger partial charge in [-0.2, -0.15) is 0 Å². The second kappa shape index (κ2) is 6.84. The van der Waals surface area contributed by atoms with E-state index in [2.05, 4.69) is 66.1 Å².